The summed E-state index contributed by atoms with van der Waals surface area (Å²) in [5.41, 5.74) is 3.79. The number of sulfonamides is 1. The monoisotopic (exact) mass is 565 g/mol. The van der Waals surface area contributed by atoms with Gasteiger partial charge in [0.05, 0.1) is 17.7 Å². The molecule has 214 valence electrons. The molecule has 0 heterocycles. The van der Waals surface area contributed by atoms with Gasteiger partial charge < -0.3 is 15.0 Å². The van der Waals surface area contributed by atoms with E-state index < -0.39 is 28.5 Å². The fraction of sp³-hybridized carbons (Fsp3) is 0.355. The minimum absolute atomic E-state index is 0.0816. The molecule has 0 aliphatic heterocycles. The topological polar surface area (TPSA) is 96.0 Å². The first-order valence-corrected chi connectivity index (χ1v) is 14.7. The first-order chi connectivity index (χ1) is 18.8. The van der Waals surface area contributed by atoms with Crippen LogP contribution in [-0.4, -0.2) is 50.9 Å². The van der Waals surface area contributed by atoms with Gasteiger partial charge in [0.15, 0.2) is 0 Å². The predicted molar refractivity (Wildman–Crippen MR) is 158 cm³/mol. The zero-order chi connectivity index (χ0) is 29.6. The maximum Gasteiger partial charge on any atom is 0.264 e. The number of aryl methyl sites for hydroxylation is 3. The number of hydrogen-bond donors (Lipinski definition) is 1. The van der Waals surface area contributed by atoms with Crippen LogP contribution in [0.1, 0.15) is 43.0 Å². The van der Waals surface area contributed by atoms with Crippen molar-refractivity contribution in [2.75, 3.05) is 18.0 Å². The molecule has 3 aromatic carbocycles. The molecule has 0 fully saturated rings. The Hall–Kier alpha value is -3.85. The number of benzene rings is 3. The van der Waals surface area contributed by atoms with Crippen LogP contribution in [0.3, 0.4) is 0 Å². The number of carbonyl (C=O) groups is 2. The molecule has 8 nitrogen and oxygen atoms in total. The van der Waals surface area contributed by atoms with Gasteiger partial charge in [-0.05, 0) is 83.0 Å². The number of ether oxygens (including phenoxy) is 1. The van der Waals surface area contributed by atoms with Crippen molar-refractivity contribution in [3.8, 4) is 5.75 Å². The van der Waals surface area contributed by atoms with Crippen LogP contribution in [-0.2, 0) is 26.2 Å². The van der Waals surface area contributed by atoms with Gasteiger partial charge in [0, 0.05) is 12.6 Å². The van der Waals surface area contributed by atoms with Crippen LogP contribution in [0.2, 0.25) is 0 Å². The number of amides is 2. The highest BCUT2D eigenvalue weighted by Crippen LogP contribution is 2.28. The van der Waals surface area contributed by atoms with Crippen molar-refractivity contribution in [1.29, 1.82) is 0 Å². The summed E-state index contributed by atoms with van der Waals surface area (Å²) < 4.78 is 34.3. The molecule has 0 aliphatic rings. The van der Waals surface area contributed by atoms with Crippen LogP contribution >= 0.6 is 0 Å². The quantitative estimate of drug-likeness (QED) is 0.362. The Kier molecular flexibility index (Phi) is 9.98. The van der Waals surface area contributed by atoms with Crippen LogP contribution in [0.4, 0.5) is 5.69 Å². The average Bonchev–Trinajstić information content (AvgIpc) is 2.90. The summed E-state index contributed by atoms with van der Waals surface area (Å²) in [6.45, 7) is 10.6. The molecule has 0 bridgehead atoms. The summed E-state index contributed by atoms with van der Waals surface area (Å²) in [5, 5.41) is 2.86. The van der Waals surface area contributed by atoms with E-state index in [1.165, 1.54) is 4.90 Å². The third kappa shape index (κ3) is 7.41. The molecular formula is C31H39N3O5S. The smallest absolute Gasteiger partial charge is 0.264 e. The molecule has 0 aromatic heterocycles. The highest BCUT2D eigenvalue weighted by Gasteiger charge is 2.33. The number of nitrogens with zero attached hydrogens (tertiary/aromatic N) is 2. The van der Waals surface area contributed by atoms with Gasteiger partial charge >= 0.3 is 0 Å². The van der Waals surface area contributed by atoms with Gasteiger partial charge in [-0.15, -0.1) is 0 Å². The summed E-state index contributed by atoms with van der Waals surface area (Å²) in [6, 6.07) is 18.2. The Balaban J connectivity index is 2.06. The van der Waals surface area contributed by atoms with E-state index in [0.717, 1.165) is 26.6 Å². The molecule has 1 atom stereocenters. The lowest BCUT2D eigenvalue weighted by atomic mass is 10.1. The first kappa shape index (κ1) is 30.7. The second-order valence-corrected chi connectivity index (χ2v) is 12.2. The van der Waals surface area contributed by atoms with Gasteiger partial charge in [0.1, 0.15) is 18.3 Å². The highest BCUT2D eigenvalue weighted by molar-refractivity contribution is 7.92. The van der Waals surface area contributed by atoms with E-state index >= 15 is 0 Å². The van der Waals surface area contributed by atoms with Gasteiger partial charge in [-0.3, -0.25) is 13.9 Å². The molecule has 3 rings (SSSR count). The molecule has 2 amide bonds. The number of hydrogen-bond acceptors (Lipinski definition) is 5. The molecule has 0 aliphatic carbocycles. The normalized spacial score (nSPS) is 12.1. The number of rotatable bonds is 11. The average molecular weight is 566 g/mol. The Morgan fingerprint density at radius 2 is 1.48 bits per heavy atom. The van der Waals surface area contributed by atoms with Crippen molar-refractivity contribution in [3.05, 3.63) is 89.0 Å². The Morgan fingerprint density at radius 3 is 2.02 bits per heavy atom. The van der Waals surface area contributed by atoms with Crippen molar-refractivity contribution >= 4 is 27.5 Å². The zero-order valence-corrected chi connectivity index (χ0v) is 25.1. The van der Waals surface area contributed by atoms with E-state index in [1.54, 1.807) is 56.5 Å². The van der Waals surface area contributed by atoms with Crippen LogP contribution in [0.25, 0.3) is 0 Å². The molecule has 0 saturated heterocycles. The minimum atomic E-state index is -4.11. The molecule has 0 radical (unpaired) electrons. The van der Waals surface area contributed by atoms with Gasteiger partial charge in [-0.1, -0.05) is 47.5 Å². The fourth-order valence-electron chi connectivity index (χ4n) is 4.35. The van der Waals surface area contributed by atoms with Gasteiger partial charge in [0.25, 0.3) is 10.0 Å². The second-order valence-electron chi connectivity index (χ2n) is 10.3. The fourth-order valence-corrected chi connectivity index (χ4v) is 5.83. The number of carbonyl (C=O) groups excluding carboxylic acids is 2. The van der Waals surface area contributed by atoms with Crippen molar-refractivity contribution in [2.45, 2.75) is 65.1 Å². The molecular weight excluding hydrogens is 526 g/mol. The SMILES string of the molecule is COc1ccc(CN(C(=O)CN(c2ccc(C)cc2C)S(=O)(=O)c2ccc(C)cc2)C(C)C(=O)NC(C)C)cc1. The molecule has 40 heavy (non-hydrogen) atoms. The minimum Gasteiger partial charge on any atom is -0.497 e. The van der Waals surface area contributed by atoms with E-state index in [4.69, 9.17) is 4.74 Å². The van der Waals surface area contributed by atoms with Gasteiger partial charge in [-0.2, -0.15) is 0 Å². The van der Waals surface area contributed by atoms with Gasteiger partial charge in [-0.25, -0.2) is 8.42 Å². The second kappa shape index (κ2) is 13.0. The number of methoxy groups -OCH3 is 1. The Bertz CT molecular complexity index is 1430. The standard InChI is InChI=1S/C31H39N3O5S/c1-21(2)32-31(36)25(6)33(19-26-11-13-27(39-7)14-12-26)30(35)20-34(29-17-10-23(4)18-24(29)5)40(37,38)28-15-8-22(3)9-16-28/h8-18,21,25H,19-20H2,1-7H3,(H,32,36). The molecule has 9 heteroatoms. The largest absolute Gasteiger partial charge is 0.497 e. The van der Waals surface area contributed by atoms with Crippen LogP contribution in [0.5, 0.6) is 5.75 Å². The van der Waals surface area contributed by atoms with Crippen LogP contribution in [0.15, 0.2) is 71.6 Å². The molecule has 1 unspecified atom stereocenters. The molecule has 0 spiro atoms. The third-order valence-electron chi connectivity index (χ3n) is 6.62. The van der Waals surface area contributed by atoms with Crippen molar-refractivity contribution < 1.29 is 22.7 Å². The van der Waals surface area contributed by atoms with Crippen LogP contribution in [0, 0.1) is 20.8 Å². The van der Waals surface area contributed by atoms with Crippen molar-refractivity contribution in [3.63, 3.8) is 0 Å². The van der Waals surface area contributed by atoms with Crippen molar-refractivity contribution in [2.24, 2.45) is 0 Å². The van der Waals surface area contributed by atoms with Gasteiger partial charge in [0.2, 0.25) is 11.8 Å². The van der Waals surface area contributed by atoms with Crippen molar-refractivity contribution in [1.82, 2.24) is 10.2 Å². The molecule has 0 saturated carbocycles. The lowest BCUT2D eigenvalue weighted by molar-refractivity contribution is -0.139. The summed E-state index contributed by atoms with van der Waals surface area (Å²) in [6.07, 6.45) is 0. The van der Waals surface area contributed by atoms with E-state index in [2.05, 4.69) is 5.32 Å². The first-order valence-electron chi connectivity index (χ1n) is 13.2. The number of nitrogens with one attached hydrogen (secondary N) is 1. The maximum atomic E-state index is 14.0. The van der Waals surface area contributed by atoms with E-state index in [-0.39, 0.29) is 23.4 Å². The Morgan fingerprint density at radius 1 is 0.875 bits per heavy atom. The summed E-state index contributed by atoms with van der Waals surface area (Å²) in [5.74, 6) is -0.161. The van der Waals surface area contributed by atoms with E-state index in [1.807, 2.05) is 58.9 Å². The summed E-state index contributed by atoms with van der Waals surface area (Å²) >= 11 is 0. The lowest BCUT2D eigenvalue weighted by Gasteiger charge is -2.32. The lowest BCUT2D eigenvalue weighted by Crippen LogP contribution is -2.52. The maximum absolute atomic E-state index is 14.0. The third-order valence-corrected chi connectivity index (χ3v) is 8.39. The molecule has 3 aromatic rings. The highest BCUT2D eigenvalue weighted by atomic mass is 32.2. The number of anilines is 1. The molecule has 1 N–H and O–H groups in total. The Labute approximate surface area is 238 Å². The van der Waals surface area contributed by atoms with Crippen LogP contribution < -0.4 is 14.4 Å². The summed E-state index contributed by atoms with van der Waals surface area (Å²) in [7, 11) is -2.54. The predicted octanol–water partition coefficient (Wildman–Crippen LogP) is 4.76. The summed E-state index contributed by atoms with van der Waals surface area (Å²) in [4.78, 5) is 28.5. The van der Waals surface area contributed by atoms with E-state index in [9.17, 15) is 18.0 Å². The van der Waals surface area contributed by atoms with E-state index in [0.29, 0.717) is 11.4 Å². The zero-order valence-electron chi connectivity index (χ0n) is 24.3.